The largest absolute Gasteiger partial charge is 0.480 e. The summed E-state index contributed by atoms with van der Waals surface area (Å²) in [6.45, 7) is 1.92. The minimum absolute atomic E-state index is 0.0435. The average Bonchev–Trinajstić information content (AvgIpc) is 2.55. The molecule has 0 aliphatic carbocycles. The Kier molecular flexibility index (Phi) is 6.92. The third-order valence-electron chi connectivity index (χ3n) is 4.24. The molecular formula is C18H27N3O4. The van der Waals surface area contributed by atoms with E-state index in [2.05, 4.69) is 0 Å². The number of aliphatic carboxylic acids is 1. The summed E-state index contributed by atoms with van der Waals surface area (Å²) in [5, 5.41) is 8.86. The zero-order valence-corrected chi connectivity index (χ0v) is 15.1. The molecule has 0 bridgehead atoms. The third-order valence-corrected chi connectivity index (χ3v) is 4.24. The highest BCUT2D eigenvalue weighted by Gasteiger charge is 2.32. The van der Waals surface area contributed by atoms with Gasteiger partial charge >= 0.3 is 5.97 Å². The SMILES string of the molecule is CN(CC(=O)O)CC1CN(C(=O)C(c2ccccc2)N(C)C)CCO1. The number of hydrogen-bond donors (Lipinski definition) is 1. The number of amides is 1. The second-order valence-electron chi connectivity index (χ2n) is 6.64. The fourth-order valence-electron chi connectivity index (χ4n) is 3.14. The number of rotatable bonds is 7. The van der Waals surface area contributed by atoms with Crippen LogP contribution in [0, 0.1) is 0 Å². The number of carboxylic acid groups (broad SMARTS) is 1. The Hall–Kier alpha value is -1.96. The summed E-state index contributed by atoms with van der Waals surface area (Å²) in [5.41, 5.74) is 0.962. The maximum atomic E-state index is 13.1. The van der Waals surface area contributed by atoms with E-state index in [0.29, 0.717) is 26.2 Å². The molecule has 1 N–H and O–H groups in total. The molecule has 7 nitrogen and oxygen atoms in total. The topological polar surface area (TPSA) is 73.3 Å². The monoisotopic (exact) mass is 349 g/mol. The summed E-state index contributed by atoms with van der Waals surface area (Å²) in [7, 11) is 5.53. The van der Waals surface area contributed by atoms with E-state index in [1.807, 2.05) is 54.2 Å². The van der Waals surface area contributed by atoms with Crippen LogP contribution in [0.4, 0.5) is 0 Å². The molecule has 2 atom stereocenters. The van der Waals surface area contributed by atoms with Crippen molar-refractivity contribution in [3.05, 3.63) is 35.9 Å². The van der Waals surface area contributed by atoms with Gasteiger partial charge in [-0.1, -0.05) is 30.3 Å². The maximum Gasteiger partial charge on any atom is 0.317 e. The van der Waals surface area contributed by atoms with Gasteiger partial charge in [-0.15, -0.1) is 0 Å². The van der Waals surface area contributed by atoms with Crippen molar-refractivity contribution in [3.8, 4) is 0 Å². The van der Waals surface area contributed by atoms with Gasteiger partial charge < -0.3 is 14.7 Å². The standard InChI is InChI=1S/C18H27N3O4/c1-19(2)17(14-7-5-4-6-8-14)18(24)21-9-10-25-15(12-21)11-20(3)13-16(22)23/h4-8,15,17H,9-13H2,1-3H3,(H,22,23). The number of carboxylic acids is 1. The molecule has 0 saturated carbocycles. The molecule has 138 valence electrons. The molecule has 2 unspecified atom stereocenters. The highest BCUT2D eigenvalue weighted by Crippen LogP contribution is 2.22. The fourth-order valence-corrected chi connectivity index (χ4v) is 3.14. The van der Waals surface area contributed by atoms with E-state index < -0.39 is 5.97 Å². The van der Waals surface area contributed by atoms with Crippen LogP contribution < -0.4 is 0 Å². The molecule has 1 aliphatic rings. The average molecular weight is 349 g/mol. The summed E-state index contributed by atoms with van der Waals surface area (Å²) >= 11 is 0. The van der Waals surface area contributed by atoms with Crippen LogP contribution in [0.1, 0.15) is 11.6 Å². The van der Waals surface area contributed by atoms with Gasteiger partial charge in [0.25, 0.3) is 0 Å². The Bertz CT molecular complexity index is 579. The van der Waals surface area contributed by atoms with Crippen LogP contribution in [0.5, 0.6) is 0 Å². The van der Waals surface area contributed by atoms with Crippen molar-refractivity contribution in [2.75, 3.05) is 53.9 Å². The summed E-state index contributed by atoms with van der Waals surface area (Å²) in [5.74, 6) is -0.826. The summed E-state index contributed by atoms with van der Waals surface area (Å²) in [4.78, 5) is 29.3. The summed E-state index contributed by atoms with van der Waals surface area (Å²) in [6.07, 6.45) is -0.180. The van der Waals surface area contributed by atoms with Crippen molar-refractivity contribution in [2.45, 2.75) is 12.1 Å². The van der Waals surface area contributed by atoms with Crippen molar-refractivity contribution >= 4 is 11.9 Å². The highest BCUT2D eigenvalue weighted by molar-refractivity contribution is 5.83. The molecule has 1 aliphatic heterocycles. The fraction of sp³-hybridized carbons (Fsp3) is 0.556. The Morgan fingerprint density at radius 1 is 1.28 bits per heavy atom. The van der Waals surface area contributed by atoms with Gasteiger partial charge in [-0.2, -0.15) is 0 Å². The normalized spacial score (nSPS) is 19.2. The molecule has 1 aromatic carbocycles. The molecule has 1 amide bonds. The van der Waals surface area contributed by atoms with Crippen molar-refractivity contribution in [3.63, 3.8) is 0 Å². The Morgan fingerprint density at radius 3 is 2.56 bits per heavy atom. The van der Waals surface area contributed by atoms with E-state index in [0.717, 1.165) is 5.56 Å². The van der Waals surface area contributed by atoms with Gasteiger partial charge in [0.2, 0.25) is 5.91 Å². The van der Waals surface area contributed by atoms with Gasteiger partial charge in [0.05, 0.1) is 19.3 Å². The number of carbonyl (C=O) groups excluding carboxylic acids is 1. The van der Waals surface area contributed by atoms with E-state index in [1.165, 1.54) is 0 Å². The lowest BCUT2D eigenvalue weighted by molar-refractivity contribution is -0.146. The summed E-state index contributed by atoms with van der Waals surface area (Å²) < 4.78 is 5.71. The highest BCUT2D eigenvalue weighted by atomic mass is 16.5. The van der Waals surface area contributed by atoms with Crippen LogP contribution in [0.25, 0.3) is 0 Å². The number of hydrogen-bond acceptors (Lipinski definition) is 5. The number of carbonyl (C=O) groups is 2. The minimum Gasteiger partial charge on any atom is -0.480 e. The van der Waals surface area contributed by atoms with Crippen molar-refractivity contribution in [1.29, 1.82) is 0 Å². The van der Waals surface area contributed by atoms with Crippen LogP contribution in [-0.2, 0) is 14.3 Å². The number of nitrogens with zero attached hydrogens (tertiary/aromatic N) is 3. The predicted molar refractivity (Wildman–Crippen MR) is 94.3 cm³/mol. The number of likely N-dealkylation sites (N-methyl/N-ethyl adjacent to an activating group) is 2. The lowest BCUT2D eigenvalue weighted by Crippen LogP contribution is -2.52. The zero-order valence-electron chi connectivity index (χ0n) is 15.1. The molecule has 0 radical (unpaired) electrons. The van der Waals surface area contributed by atoms with E-state index in [9.17, 15) is 9.59 Å². The van der Waals surface area contributed by atoms with Gasteiger partial charge in [-0.05, 0) is 26.7 Å². The molecule has 1 saturated heterocycles. The third kappa shape index (κ3) is 5.52. The number of ether oxygens (including phenoxy) is 1. The van der Waals surface area contributed by atoms with Crippen molar-refractivity contribution in [1.82, 2.24) is 14.7 Å². The molecule has 1 fully saturated rings. The van der Waals surface area contributed by atoms with Crippen LogP contribution in [0.2, 0.25) is 0 Å². The molecule has 7 heteroatoms. The molecule has 1 heterocycles. The first kappa shape index (κ1) is 19.4. The van der Waals surface area contributed by atoms with Crippen molar-refractivity contribution < 1.29 is 19.4 Å². The second kappa shape index (κ2) is 8.94. The second-order valence-corrected chi connectivity index (χ2v) is 6.64. The zero-order chi connectivity index (χ0) is 18.4. The van der Waals surface area contributed by atoms with Gasteiger partial charge in [0.15, 0.2) is 0 Å². The Labute approximate surface area is 148 Å². The molecule has 0 spiro atoms. The maximum absolute atomic E-state index is 13.1. The Morgan fingerprint density at radius 2 is 1.96 bits per heavy atom. The Balaban J connectivity index is 2.03. The quantitative estimate of drug-likeness (QED) is 0.774. The minimum atomic E-state index is -0.872. The molecule has 1 aromatic rings. The van der Waals surface area contributed by atoms with Gasteiger partial charge in [-0.25, -0.2) is 0 Å². The first-order valence-corrected chi connectivity index (χ1v) is 8.40. The number of morpholine rings is 1. The van der Waals surface area contributed by atoms with Crippen molar-refractivity contribution in [2.24, 2.45) is 0 Å². The first-order chi connectivity index (χ1) is 11.9. The van der Waals surface area contributed by atoms with E-state index in [4.69, 9.17) is 9.84 Å². The van der Waals surface area contributed by atoms with Crippen LogP contribution in [0.3, 0.4) is 0 Å². The smallest absolute Gasteiger partial charge is 0.317 e. The lowest BCUT2D eigenvalue weighted by Gasteiger charge is -2.37. The van der Waals surface area contributed by atoms with Gasteiger partial charge in [-0.3, -0.25) is 19.4 Å². The molecule has 0 aromatic heterocycles. The van der Waals surface area contributed by atoms with Crippen LogP contribution in [0.15, 0.2) is 30.3 Å². The van der Waals surface area contributed by atoms with E-state index >= 15 is 0 Å². The predicted octanol–water partition coefficient (Wildman–Crippen LogP) is 0.533. The van der Waals surface area contributed by atoms with Crippen LogP contribution in [-0.4, -0.2) is 91.7 Å². The van der Waals surface area contributed by atoms with Gasteiger partial charge in [0, 0.05) is 19.6 Å². The molecule has 25 heavy (non-hydrogen) atoms. The van der Waals surface area contributed by atoms with Gasteiger partial charge in [0.1, 0.15) is 6.04 Å². The summed E-state index contributed by atoms with van der Waals surface area (Å²) in [6, 6.07) is 9.38. The molecule has 2 rings (SSSR count). The first-order valence-electron chi connectivity index (χ1n) is 8.40. The molecular weight excluding hydrogens is 322 g/mol. The van der Waals surface area contributed by atoms with E-state index in [-0.39, 0.29) is 24.6 Å². The van der Waals surface area contributed by atoms with E-state index in [1.54, 1.807) is 11.9 Å². The lowest BCUT2D eigenvalue weighted by atomic mass is 10.0. The van der Waals surface area contributed by atoms with Crippen LogP contribution >= 0.6 is 0 Å². The number of benzene rings is 1.